The van der Waals surface area contributed by atoms with Crippen molar-refractivity contribution < 1.29 is 17.9 Å². The summed E-state index contributed by atoms with van der Waals surface area (Å²) in [6.45, 7) is 1.72. The second-order valence-corrected chi connectivity index (χ2v) is 4.52. The van der Waals surface area contributed by atoms with Crippen LogP contribution in [0.5, 0.6) is 11.5 Å². The first-order valence-electron chi connectivity index (χ1n) is 3.97. The molecule has 2 N–H and O–H groups in total. The number of hydrogen-bond donors (Lipinski definition) is 1. The van der Waals surface area contributed by atoms with Crippen LogP contribution in [-0.2, 0) is 10.0 Å². The van der Waals surface area contributed by atoms with Crippen LogP contribution in [0.3, 0.4) is 0 Å². The van der Waals surface area contributed by atoms with Crippen molar-refractivity contribution in [1.82, 2.24) is 0 Å². The topological polar surface area (TPSA) is 78.6 Å². The predicted molar refractivity (Wildman–Crippen MR) is 48.5 cm³/mol. The Morgan fingerprint density at radius 1 is 1.29 bits per heavy atom. The first-order chi connectivity index (χ1) is 6.47. The molecule has 0 saturated heterocycles. The summed E-state index contributed by atoms with van der Waals surface area (Å²) >= 11 is 0. The number of primary sulfonamides is 1. The third kappa shape index (κ3) is 1.53. The third-order valence-electron chi connectivity index (χ3n) is 1.83. The molecule has 0 spiro atoms. The SMILES string of the molecule is CC1Oc2ccc(S(N)(=O)=O)cc2O1. The first kappa shape index (κ1) is 9.29. The first-order valence-corrected chi connectivity index (χ1v) is 5.51. The maximum Gasteiger partial charge on any atom is 0.238 e. The highest BCUT2D eigenvalue weighted by Gasteiger charge is 2.22. The van der Waals surface area contributed by atoms with E-state index in [1.807, 2.05) is 0 Å². The molecule has 2 rings (SSSR count). The third-order valence-corrected chi connectivity index (χ3v) is 2.74. The molecule has 14 heavy (non-hydrogen) atoms. The lowest BCUT2D eigenvalue weighted by Gasteiger charge is -2.00. The Kier molecular flexibility index (Phi) is 1.90. The quantitative estimate of drug-likeness (QED) is 0.737. The number of sulfonamides is 1. The van der Waals surface area contributed by atoms with Crippen molar-refractivity contribution in [3.63, 3.8) is 0 Å². The van der Waals surface area contributed by atoms with Crippen molar-refractivity contribution in [2.45, 2.75) is 18.1 Å². The summed E-state index contributed by atoms with van der Waals surface area (Å²) in [5.74, 6) is 0.939. The molecule has 0 amide bonds. The molecule has 6 heteroatoms. The standard InChI is InChI=1S/C8H9NO4S/c1-5-12-7-3-2-6(14(9,10)11)4-8(7)13-5/h2-5H,1H3,(H2,9,10,11). The van der Waals surface area contributed by atoms with Gasteiger partial charge in [-0.05, 0) is 12.1 Å². The monoisotopic (exact) mass is 215 g/mol. The summed E-state index contributed by atoms with van der Waals surface area (Å²) in [5, 5.41) is 4.96. The lowest BCUT2D eigenvalue weighted by atomic mass is 10.3. The fourth-order valence-electron chi connectivity index (χ4n) is 1.24. The Hall–Kier alpha value is -1.27. The number of rotatable bonds is 1. The molecule has 0 bridgehead atoms. The smallest absolute Gasteiger partial charge is 0.238 e. The van der Waals surface area contributed by atoms with Gasteiger partial charge in [-0.1, -0.05) is 0 Å². The van der Waals surface area contributed by atoms with Crippen molar-refractivity contribution in [2.75, 3.05) is 0 Å². The Morgan fingerprint density at radius 2 is 1.93 bits per heavy atom. The van der Waals surface area contributed by atoms with Gasteiger partial charge in [-0.3, -0.25) is 0 Å². The summed E-state index contributed by atoms with van der Waals surface area (Å²) in [5.41, 5.74) is 0. The van der Waals surface area contributed by atoms with Crippen LogP contribution in [0.2, 0.25) is 0 Å². The van der Waals surface area contributed by atoms with Crippen LogP contribution < -0.4 is 14.6 Å². The van der Waals surface area contributed by atoms with Crippen LogP contribution in [-0.4, -0.2) is 14.7 Å². The molecular weight excluding hydrogens is 206 g/mol. The number of benzene rings is 1. The van der Waals surface area contributed by atoms with Gasteiger partial charge in [0.15, 0.2) is 11.5 Å². The number of fused-ring (bicyclic) bond motifs is 1. The van der Waals surface area contributed by atoms with Gasteiger partial charge in [0.25, 0.3) is 0 Å². The molecule has 1 aliphatic rings. The molecule has 0 radical (unpaired) electrons. The van der Waals surface area contributed by atoms with Crippen molar-refractivity contribution in [1.29, 1.82) is 0 Å². The highest BCUT2D eigenvalue weighted by Crippen LogP contribution is 2.35. The van der Waals surface area contributed by atoms with Crippen LogP contribution in [0, 0.1) is 0 Å². The van der Waals surface area contributed by atoms with E-state index >= 15 is 0 Å². The van der Waals surface area contributed by atoms with Gasteiger partial charge in [0, 0.05) is 13.0 Å². The van der Waals surface area contributed by atoms with Gasteiger partial charge >= 0.3 is 0 Å². The molecule has 1 atom stereocenters. The minimum absolute atomic E-state index is 0.0222. The van der Waals surface area contributed by atoms with E-state index in [0.717, 1.165) is 0 Å². The van der Waals surface area contributed by atoms with Crippen molar-refractivity contribution in [3.05, 3.63) is 18.2 Å². The summed E-state index contributed by atoms with van der Waals surface area (Å²) in [6, 6.07) is 4.27. The maximum atomic E-state index is 11.0. The van der Waals surface area contributed by atoms with Crippen LogP contribution in [0.1, 0.15) is 6.92 Å². The second kappa shape index (κ2) is 2.86. The molecule has 0 aromatic heterocycles. The van der Waals surface area contributed by atoms with E-state index in [1.54, 1.807) is 6.92 Å². The predicted octanol–water partition coefficient (Wildman–Crippen LogP) is 0.451. The van der Waals surface area contributed by atoms with Crippen LogP contribution >= 0.6 is 0 Å². The Bertz CT molecular complexity index is 468. The maximum absolute atomic E-state index is 11.0. The summed E-state index contributed by atoms with van der Waals surface area (Å²) in [7, 11) is -3.68. The van der Waals surface area contributed by atoms with E-state index in [2.05, 4.69) is 0 Å². The molecule has 0 aliphatic carbocycles. The van der Waals surface area contributed by atoms with Gasteiger partial charge in [0.2, 0.25) is 16.3 Å². The van der Waals surface area contributed by atoms with E-state index in [0.29, 0.717) is 11.5 Å². The Morgan fingerprint density at radius 3 is 2.57 bits per heavy atom. The van der Waals surface area contributed by atoms with Gasteiger partial charge in [-0.15, -0.1) is 0 Å². The van der Waals surface area contributed by atoms with Gasteiger partial charge in [-0.25, -0.2) is 13.6 Å². The largest absolute Gasteiger partial charge is 0.451 e. The molecule has 1 aromatic rings. The molecule has 1 aliphatic heterocycles. The number of ether oxygens (including phenoxy) is 2. The highest BCUT2D eigenvalue weighted by molar-refractivity contribution is 7.89. The summed E-state index contributed by atoms with van der Waals surface area (Å²) < 4.78 is 32.4. The molecule has 76 valence electrons. The summed E-state index contributed by atoms with van der Waals surface area (Å²) in [6.07, 6.45) is -0.388. The molecule has 0 saturated carbocycles. The average molecular weight is 215 g/mol. The summed E-state index contributed by atoms with van der Waals surface area (Å²) in [4.78, 5) is 0.0222. The zero-order valence-electron chi connectivity index (χ0n) is 7.43. The van der Waals surface area contributed by atoms with E-state index in [9.17, 15) is 8.42 Å². The minimum Gasteiger partial charge on any atom is -0.451 e. The fourth-order valence-corrected chi connectivity index (χ4v) is 1.77. The van der Waals surface area contributed by atoms with E-state index in [4.69, 9.17) is 14.6 Å². The van der Waals surface area contributed by atoms with Gasteiger partial charge in [0.1, 0.15) is 0 Å². The van der Waals surface area contributed by atoms with E-state index in [-0.39, 0.29) is 11.2 Å². The van der Waals surface area contributed by atoms with Gasteiger partial charge < -0.3 is 9.47 Å². The van der Waals surface area contributed by atoms with Crippen LogP contribution in [0.4, 0.5) is 0 Å². The van der Waals surface area contributed by atoms with Crippen molar-refractivity contribution in [3.8, 4) is 11.5 Å². The average Bonchev–Trinajstić information content (AvgIpc) is 2.41. The van der Waals surface area contributed by atoms with Crippen LogP contribution in [0.25, 0.3) is 0 Å². The molecule has 0 fully saturated rings. The lowest BCUT2D eigenvalue weighted by molar-refractivity contribution is 0.0678. The molecule has 1 heterocycles. The Balaban J connectivity index is 2.48. The molecule has 1 aromatic carbocycles. The van der Waals surface area contributed by atoms with E-state index < -0.39 is 10.0 Å². The van der Waals surface area contributed by atoms with Crippen molar-refractivity contribution >= 4 is 10.0 Å². The van der Waals surface area contributed by atoms with Crippen molar-refractivity contribution in [2.24, 2.45) is 5.14 Å². The van der Waals surface area contributed by atoms with Gasteiger partial charge in [0.05, 0.1) is 4.90 Å². The fraction of sp³-hybridized carbons (Fsp3) is 0.250. The molecular formula is C8H9NO4S. The van der Waals surface area contributed by atoms with Gasteiger partial charge in [-0.2, -0.15) is 0 Å². The second-order valence-electron chi connectivity index (χ2n) is 2.96. The molecule has 1 unspecified atom stereocenters. The normalized spacial score (nSPS) is 19.7. The number of nitrogens with two attached hydrogens (primary N) is 1. The minimum atomic E-state index is -3.68. The lowest BCUT2D eigenvalue weighted by Crippen LogP contribution is -2.12. The highest BCUT2D eigenvalue weighted by atomic mass is 32.2. The van der Waals surface area contributed by atoms with E-state index in [1.165, 1.54) is 18.2 Å². The Labute approximate surface area is 81.5 Å². The number of hydrogen-bond acceptors (Lipinski definition) is 4. The van der Waals surface area contributed by atoms with Crippen LogP contribution in [0.15, 0.2) is 23.1 Å². The zero-order valence-corrected chi connectivity index (χ0v) is 8.24. The zero-order chi connectivity index (χ0) is 10.3. The molecule has 5 nitrogen and oxygen atoms in total.